The van der Waals surface area contributed by atoms with Crippen LogP contribution >= 0.6 is 0 Å². The van der Waals surface area contributed by atoms with E-state index in [1.807, 2.05) is 12.2 Å². The Morgan fingerprint density at radius 3 is 1.64 bits per heavy atom. The summed E-state index contributed by atoms with van der Waals surface area (Å²) < 4.78 is 36.8. The van der Waals surface area contributed by atoms with Crippen molar-refractivity contribution < 1.29 is 29.5 Å². The monoisotopic (exact) mass is 497 g/mol. The summed E-state index contributed by atoms with van der Waals surface area (Å²) in [7, 11) is -3.97. The number of halogens is 1. The number of unbranched alkanes of at least 4 members (excludes halogenated alkanes) is 3. The topological polar surface area (TPSA) is 27.7 Å². The van der Waals surface area contributed by atoms with Gasteiger partial charge in [0.15, 0.2) is 0 Å². The molecule has 0 aromatic rings. The Morgan fingerprint density at radius 2 is 1.36 bits per heavy atom. The Kier molecular flexibility index (Phi) is 10.4. The molecule has 0 heterocycles. The summed E-state index contributed by atoms with van der Waals surface area (Å²) in [5, 5.41) is 0. The van der Waals surface area contributed by atoms with Crippen LogP contribution in [-0.4, -0.2) is 29.8 Å². The Hall–Kier alpha value is 0.716. The van der Waals surface area contributed by atoms with Gasteiger partial charge in [-0.25, -0.2) is 0 Å². The first-order valence-corrected chi connectivity index (χ1v) is 26.7. The van der Waals surface area contributed by atoms with Crippen LogP contribution in [0.15, 0.2) is 21.5 Å². The van der Waals surface area contributed by atoms with Gasteiger partial charge in [0.1, 0.15) is 0 Å². The van der Waals surface area contributed by atoms with E-state index in [1.54, 1.807) is 11.5 Å². The van der Waals surface area contributed by atoms with Crippen LogP contribution in [0.5, 0.6) is 0 Å². The molecule has 0 aromatic carbocycles. The van der Waals surface area contributed by atoms with E-state index in [0.717, 1.165) is 41.8 Å². The van der Waals surface area contributed by atoms with Gasteiger partial charge in [0.05, 0.1) is 0 Å². The molecule has 1 aliphatic rings. The fraction of sp³-hybridized carbons (Fsp3) is 0.789. The zero-order valence-corrected chi connectivity index (χ0v) is 21.5. The predicted molar refractivity (Wildman–Crippen MR) is 103 cm³/mol. The molecule has 0 saturated carbocycles. The van der Waals surface area contributed by atoms with Crippen LogP contribution in [0.1, 0.15) is 65.7 Å². The zero-order chi connectivity index (χ0) is 18.8. The second kappa shape index (κ2) is 10.9. The molecule has 6 heteroatoms. The summed E-state index contributed by atoms with van der Waals surface area (Å²) in [5.74, 6) is 3.57. The van der Waals surface area contributed by atoms with Gasteiger partial charge in [-0.15, -0.1) is 0 Å². The van der Waals surface area contributed by atoms with Crippen molar-refractivity contribution in [1.82, 2.24) is 0 Å². The van der Waals surface area contributed by atoms with Crippen molar-refractivity contribution in [1.29, 1.82) is 0 Å². The van der Waals surface area contributed by atoms with Gasteiger partial charge in [-0.05, 0) is 0 Å². The fourth-order valence-corrected chi connectivity index (χ4v) is 43.9. The van der Waals surface area contributed by atoms with Gasteiger partial charge in [-0.1, -0.05) is 0 Å². The van der Waals surface area contributed by atoms with Gasteiger partial charge in [0.25, 0.3) is 0 Å². The van der Waals surface area contributed by atoms with Crippen LogP contribution in [0.2, 0.25) is 11.5 Å². The van der Waals surface area contributed by atoms with Gasteiger partial charge in [-0.2, -0.15) is 0 Å². The maximum absolute atomic E-state index is 16.1. The van der Waals surface area contributed by atoms with E-state index >= 15 is 3.50 Å². The summed E-state index contributed by atoms with van der Waals surface area (Å²) in [6, 6.07) is 0. The molecule has 0 atom stereocenters. The van der Waals surface area contributed by atoms with E-state index in [2.05, 4.69) is 26.8 Å². The van der Waals surface area contributed by atoms with Gasteiger partial charge < -0.3 is 0 Å². The third-order valence-electron chi connectivity index (χ3n) is 4.94. The Morgan fingerprint density at radius 1 is 0.920 bits per heavy atom. The number of allylic oxidation sites excluding steroid dienone is 4. The maximum atomic E-state index is 16.1. The van der Waals surface area contributed by atoms with Gasteiger partial charge in [-0.3, -0.25) is 0 Å². The molecule has 0 aliphatic heterocycles. The molecule has 0 radical (unpaired) electrons. The average molecular weight is 497 g/mol. The molecule has 0 saturated heterocycles. The molecule has 3 nitrogen and oxygen atoms in total. The molecule has 0 spiro atoms. The number of hydrogen-bond acceptors (Lipinski definition) is 3. The predicted octanol–water partition coefficient (Wildman–Crippen LogP) is 6.39. The normalized spacial score (nSPS) is 16.7. The SMILES string of the molecule is CCCC[O][Zr]([O]CCCC)([O]CCCC)([C]1=CC=CC1)[Ge]([CH3])([CH3])[F]. The van der Waals surface area contributed by atoms with E-state index in [0.29, 0.717) is 26.2 Å². The molecule has 0 unspecified atom stereocenters. The van der Waals surface area contributed by atoms with E-state index in [4.69, 9.17) is 8.44 Å². The minimum absolute atomic E-state index is 0.538. The van der Waals surface area contributed by atoms with Crippen LogP contribution in [0.3, 0.4) is 0 Å². The summed E-state index contributed by atoms with van der Waals surface area (Å²) in [5.41, 5.74) is 0. The Bertz CT molecular complexity index is 431. The third-order valence-corrected chi connectivity index (χ3v) is 53.8. The van der Waals surface area contributed by atoms with Gasteiger partial charge in [0.2, 0.25) is 0 Å². The van der Waals surface area contributed by atoms with Gasteiger partial charge >= 0.3 is 158 Å². The molecular weight excluding hydrogens is 459 g/mol. The van der Waals surface area contributed by atoms with E-state index in [1.165, 1.54) is 0 Å². The molecular formula is C19H38FGeO3Zr. The first-order chi connectivity index (χ1) is 11.9. The van der Waals surface area contributed by atoms with Crippen molar-refractivity contribution in [2.24, 2.45) is 0 Å². The van der Waals surface area contributed by atoms with E-state index in [9.17, 15) is 0 Å². The van der Waals surface area contributed by atoms with Crippen molar-refractivity contribution in [3.05, 3.63) is 21.5 Å². The number of rotatable bonds is 14. The first-order valence-electron chi connectivity index (χ1n) is 10.0. The van der Waals surface area contributed by atoms with Crippen LogP contribution in [0, 0.1) is 0 Å². The standard InChI is InChI=1S/C5H5.3C4H9O.C2H6FGe.Zr/c1-2-4-5-3-1;3*1-2-3-4-5;1-4(2)3;/h1-3H,4H2;3*2-4H2,1H3;1-2H3;/q;3*-1;;+3. The van der Waals surface area contributed by atoms with Crippen molar-refractivity contribution in [2.45, 2.75) is 77.2 Å². The molecule has 0 N–H and O–H groups in total. The van der Waals surface area contributed by atoms with Crippen molar-refractivity contribution >= 4 is 9.94 Å². The molecule has 0 bridgehead atoms. The Labute approximate surface area is 157 Å². The summed E-state index contributed by atoms with van der Waals surface area (Å²) in [6.07, 6.45) is 12.6. The molecule has 0 aromatic heterocycles. The second-order valence-corrected chi connectivity index (χ2v) is 48.0. The fourth-order valence-electron chi connectivity index (χ4n) is 3.27. The first kappa shape index (κ1) is 23.8. The molecule has 25 heavy (non-hydrogen) atoms. The van der Waals surface area contributed by atoms with Gasteiger partial charge in [0, 0.05) is 0 Å². The molecule has 0 amide bonds. The molecule has 1 rings (SSSR count). The van der Waals surface area contributed by atoms with Crippen LogP contribution in [0.4, 0.5) is 3.50 Å². The summed E-state index contributed by atoms with van der Waals surface area (Å²) >= 11 is -5.07. The quantitative estimate of drug-likeness (QED) is 0.206. The van der Waals surface area contributed by atoms with Crippen LogP contribution in [-0.2, 0) is 26.0 Å². The molecule has 1 aliphatic carbocycles. The Balaban J connectivity index is 3.35. The average Bonchev–Trinajstić information content (AvgIpc) is 3.09. The molecule has 0 fully saturated rings. The van der Waals surface area contributed by atoms with Crippen molar-refractivity contribution in [2.75, 3.05) is 19.8 Å². The third kappa shape index (κ3) is 5.37. The zero-order valence-electron chi connectivity index (χ0n) is 16.9. The number of hydrogen-bond donors (Lipinski definition) is 0. The van der Waals surface area contributed by atoms with Crippen LogP contribution in [0.25, 0.3) is 0 Å². The van der Waals surface area contributed by atoms with Crippen molar-refractivity contribution in [3.8, 4) is 0 Å². The van der Waals surface area contributed by atoms with E-state index < -0.39 is 27.5 Å². The second-order valence-electron chi connectivity index (χ2n) is 7.39. The van der Waals surface area contributed by atoms with Crippen LogP contribution < -0.4 is 0 Å². The summed E-state index contributed by atoms with van der Waals surface area (Å²) in [4.78, 5) is 0. The molecule has 147 valence electrons. The summed E-state index contributed by atoms with van der Waals surface area (Å²) in [6.45, 7) is 7.99. The van der Waals surface area contributed by atoms with E-state index in [-0.39, 0.29) is 0 Å². The van der Waals surface area contributed by atoms with Crippen molar-refractivity contribution in [3.63, 3.8) is 0 Å². The minimum atomic E-state index is -5.07.